The van der Waals surface area contributed by atoms with Crippen molar-refractivity contribution in [2.24, 2.45) is 0 Å². The van der Waals surface area contributed by atoms with Gasteiger partial charge in [-0.05, 0) is 24.5 Å². The zero-order valence-corrected chi connectivity index (χ0v) is 9.06. The number of halogens is 1. The zero-order valence-electron chi connectivity index (χ0n) is 8.31. The van der Waals surface area contributed by atoms with E-state index in [1.54, 1.807) is 0 Å². The Morgan fingerprint density at radius 2 is 2.13 bits per heavy atom. The molecule has 3 heteroatoms. The number of hydrogen-bond donors (Lipinski definition) is 0. The molecule has 0 spiro atoms. The maximum atomic E-state index is 11.8. The molecule has 0 saturated carbocycles. The van der Waals surface area contributed by atoms with Gasteiger partial charge in [0.25, 0.3) is 0 Å². The van der Waals surface area contributed by atoms with E-state index in [1.165, 1.54) is 0 Å². The van der Waals surface area contributed by atoms with Crippen molar-refractivity contribution in [3.05, 3.63) is 27.8 Å². The van der Waals surface area contributed by atoms with Crippen LogP contribution in [0.1, 0.15) is 34.3 Å². The maximum absolute atomic E-state index is 11.8. The van der Waals surface area contributed by atoms with E-state index >= 15 is 0 Å². The lowest BCUT2D eigenvalue weighted by Gasteiger charge is -2.18. The van der Waals surface area contributed by atoms with E-state index in [-0.39, 0.29) is 5.78 Å². The third-order valence-electron chi connectivity index (χ3n) is 3.13. The first kappa shape index (κ1) is 9.22. The first-order valence-corrected chi connectivity index (χ1v) is 5.65. The summed E-state index contributed by atoms with van der Waals surface area (Å²) in [7, 11) is 0. The molecule has 0 bridgehead atoms. The van der Waals surface area contributed by atoms with Gasteiger partial charge in [-0.3, -0.25) is 4.79 Å². The quantitative estimate of drug-likeness (QED) is 0.675. The highest BCUT2D eigenvalue weighted by molar-refractivity contribution is 6.34. The number of carbonyl (C=O) groups is 1. The average Bonchev–Trinajstić information content (AvgIpc) is 2.65. The molecule has 0 saturated heterocycles. The summed E-state index contributed by atoms with van der Waals surface area (Å²) in [6.45, 7) is 0.719. The van der Waals surface area contributed by atoms with Crippen molar-refractivity contribution in [2.75, 3.05) is 6.61 Å². The lowest BCUT2D eigenvalue weighted by molar-refractivity contribution is 0.0972. The van der Waals surface area contributed by atoms with Crippen molar-refractivity contribution in [3.8, 4) is 5.75 Å². The van der Waals surface area contributed by atoms with Crippen molar-refractivity contribution in [3.63, 3.8) is 0 Å². The third-order valence-corrected chi connectivity index (χ3v) is 3.43. The molecule has 15 heavy (non-hydrogen) atoms. The average molecular weight is 223 g/mol. The van der Waals surface area contributed by atoms with E-state index in [9.17, 15) is 4.79 Å². The van der Waals surface area contributed by atoms with Crippen LogP contribution in [0.4, 0.5) is 0 Å². The fourth-order valence-electron chi connectivity index (χ4n) is 2.46. The fourth-order valence-corrected chi connectivity index (χ4v) is 2.81. The minimum absolute atomic E-state index is 0.166. The normalized spacial score (nSPS) is 18.3. The Balaban J connectivity index is 2.28. The van der Waals surface area contributed by atoms with Crippen LogP contribution in [0.15, 0.2) is 6.07 Å². The monoisotopic (exact) mass is 222 g/mol. The van der Waals surface area contributed by atoms with Gasteiger partial charge >= 0.3 is 0 Å². The van der Waals surface area contributed by atoms with Gasteiger partial charge in [-0.15, -0.1) is 0 Å². The Labute approximate surface area is 93.2 Å². The summed E-state index contributed by atoms with van der Waals surface area (Å²) in [5.74, 6) is 1.10. The molecular weight excluding hydrogens is 212 g/mol. The van der Waals surface area contributed by atoms with Crippen molar-refractivity contribution < 1.29 is 9.53 Å². The van der Waals surface area contributed by atoms with Crippen molar-refractivity contribution in [1.29, 1.82) is 0 Å². The van der Waals surface area contributed by atoms with Crippen LogP contribution in [-0.4, -0.2) is 12.4 Å². The lowest BCUT2D eigenvalue weighted by atomic mass is 9.88. The number of ether oxygens (including phenoxy) is 1. The summed E-state index contributed by atoms with van der Waals surface area (Å²) < 4.78 is 5.59. The molecule has 0 fully saturated rings. The highest BCUT2D eigenvalue weighted by Gasteiger charge is 2.28. The second-order valence-corrected chi connectivity index (χ2v) is 4.48. The van der Waals surface area contributed by atoms with Crippen LogP contribution in [0.5, 0.6) is 5.75 Å². The summed E-state index contributed by atoms with van der Waals surface area (Å²) in [4.78, 5) is 11.8. The summed E-state index contributed by atoms with van der Waals surface area (Å²) in [5.41, 5.74) is 2.92. The molecule has 1 aromatic rings. The zero-order chi connectivity index (χ0) is 10.4. The van der Waals surface area contributed by atoms with Crippen LogP contribution in [0, 0.1) is 0 Å². The number of ketones is 1. The molecule has 0 atom stereocenters. The Hall–Kier alpha value is -1.02. The molecule has 1 aliphatic heterocycles. The van der Waals surface area contributed by atoms with Gasteiger partial charge in [0.15, 0.2) is 5.78 Å². The second-order valence-electron chi connectivity index (χ2n) is 4.08. The molecular formula is C12H11ClO2. The van der Waals surface area contributed by atoms with Gasteiger partial charge < -0.3 is 4.74 Å². The molecule has 0 amide bonds. The largest absolute Gasteiger partial charge is 0.493 e. The number of Topliss-reactive ketones (excluding diaryl/α,β-unsaturated/α-hetero) is 1. The van der Waals surface area contributed by atoms with Gasteiger partial charge in [0.1, 0.15) is 5.75 Å². The molecule has 3 rings (SSSR count). The van der Waals surface area contributed by atoms with Crippen molar-refractivity contribution in [1.82, 2.24) is 0 Å². The van der Waals surface area contributed by atoms with Gasteiger partial charge in [0, 0.05) is 24.0 Å². The van der Waals surface area contributed by atoms with E-state index < -0.39 is 0 Å². The molecule has 78 valence electrons. The fraction of sp³-hybridized carbons (Fsp3) is 0.417. The van der Waals surface area contributed by atoms with Gasteiger partial charge in [-0.25, -0.2) is 0 Å². The van der Waals surface area contributed by atoms with E-state index in [4.69, 9.17) is 16.3 Å². The number of carbonyl (C=O) groups excluding carboxylic acids is 1. The van der Waals surface area contributed by atoms with Crippen LogP contribution in [-0.2, 0) is 12.8 Å². The lowest BCUT2D eigenvalue weighted by Crippen LogP contribution is -2.12. The molecule has 0 aromatic heterocycles. The maximum Gasteiger partial charge on any atom is 0.164 e. The predicted molar refractivity (Wildman–Crippen MR) is 57.9 cm³/mol. The Kier molecular flexibility index (Phi) is 1.99. The standard InChI is InChI=1S/C12H11ClO2/c13-9-6-7-4-5-15-12(7)8-2-1-3-10(14)11(8)9/h6H,1-5H2. The smallest absolute Gasteiger partial charge is 0.164 e. The highest BCUT2D eigenvalue weighted by atomic mass is 35.5. The first-order chi connectivity index (χ1) is 7.27. The molecule has 2 aliphatic rings. The third kappa shape index (κ3) is 1.28. The van der Waals surface area contributed by atoms with Gasteiger partial charge in [0.05, 0.1) is 11.6 Å². The van der Waals surface area contributed by atoms with Gasteiger partial charge in [0.2, 0.25) is 0 Å². The number of fused-ring (bicyclic) bond motifs is 3. The topological polar surface area (TPSA) is 26.3 Å². The SMILES string of the molecule is O=C1CCCc2c3c(cc(Cl)c21)CCO3. The van der Waals surface area contributed by atoms with E-state index in [1.807, 2.05) is 6.07 Å². The van der Waals surface area contributed by atoms with Crippen LogP contribution >= 0.6 is 11.6 Å². The van der Waals surface area contributed by atoms with Crippen LogP contribution in [0.2, 0.25) is 5.02 Å². The van der Waals surface area contributed by atoms with Crippen LogP contribution < -0.4 is 4.74 Å². The van der Waals surface area contributed by atoms with E-state index in [0.29, 0.717) is 17.0 Å². The molecule has 0 N–H and O–H groups in total. The molecule has 0 radical (unpaired) electrons. The summed E-state index contributed by atoms with van der Waals surface area (Å²) >= 11 is 6.14. The number of rotatable bonds is 0. The first-order valence-electron chi connectivity index (χ1n) is 5.27. The summed E-state index contributed by atoms with van der Waals surface area (Å²) in [6, 6.07) is 1.89. The molecule has 1 aromatic carbocycles. The highest BCUT2D eigenvalue weighted by Crippen LogP contribution is 2.40. The van der Waals surface area contributed by atoms with E-state index in [2.05, 4.69) is 0 Å². The van der Waals surface area contributed by atoms with Crippen LogP contribution in [0.25, 0.3) is 0 Å². The summed E-state index contributed by atoms with van der Waals surface area (Å²) in [5, 5.41) is 0.610. The van der Waals surface area contributed by atoms with Gasteiger partial charge in [-0.2, -0.15) is 0 Å². The van der Waals surface area contributed by atoms with Gasteiger partial charge in [-0.1, -0.05) is 11.6 Å². The predicted octanol–water partition coefficient (Wildman–Crippen LogP) is 2.79. The second kappa shape index (κ2) is 3.24. The number of hydrogen-bond acceptors (Lipinski definition) is 2. The Morgan fingerprint density at radius 3 is 3.00 bits per heavy atom. The minimum Gasteiger partial charge on any atom is -0.493 e. The molecule has 0 unspecified atom stereocenters. The Bertz CT molecular complexity index is 451. The molecule has 2 nitrogen and oxygen atoms in total. The van der Waals surface area contributed by atoms with Crippen molar-refractivity contribution >= 4 is 17.4 Å². The number of benzene rings is 1. The molecule has 1 aliphatic carbocycles. The van der Waals surface area contributed by atoms with Crippen LogP contribution in [0.3, 0.4) is 0 Å². The van der Waals surface area contributed by atoms with E-state index in [0.717, 1.165) is 42.7 Å². The summed E-state index contributed by atoms with van der Waals surface area (Å²) in [6.07, 6.45) is 3.37. The Morgan fingerprint density at radius 1 is 1.27 bits per heavy atom. The van der Waals surface area contributed by atoms with Crippen molar-refractivity contribution in [2.45, 2.75) is 25.7 Å². The molecule has 1 heterocycles. The minimum atomic E-state index is 0.166.